The Morgan fingerprint density at radius 1 is 1.52 bits per heavy atom. The SMILES string of the molecule is C/C(=N\O)C(CC(=O)N1C[C@@H](C)O[C@H](C)C1)c1cccs1. The molecule has 1 saturated heterocycles. The zero-order chi connectivity index (χ0) is 15.4. The molecule has 0 bridgehead atoms. The van der Waals surface area contributed by atoms with Crippen LogP contribution < -0.4 is 0 Å². The molecule has 0 aromatic carbocycles. The summed E-state index contributed by atoms with van der Waals surface area (Å²) in [6.07, 6.45) is 0.450. The Hall–Kier alpha value is -1.40. The maximum absolute atomic E-state index is 12.6. The van der Waals surface area contributed by atoms with E-state index in [1.54, 1.807) is 18.3 Å². The lowest BCUT2D eigenvalue weighted by molar-refractivity contribution is -0.143. The second-order valence-electron chi connectivity index (χ2n) is 5.57. The van der Waals surface area contributed by atoms with Crippen molar-refractivity contribution < 1.29 is 14.7 Å². The van der Waals surface area contributed by atoms with E-state index in [2.05, 4.69) is 5.16 Å². The van der Waals surface area contributed by atoms with Crippen LogP contribution in [-0.2, 0) is 9.53 Å². The monoisotopic (exact) mass is 310 g/mol. The second-order valence-corrected chi connectivity index (χ2v) is 6.55. The van der Waals surface area contributed by atoms with E-state index in [0.717, 1.165) is 4.88 Å². The van der Waals surface area contributed by atoms with E-state index in [9.17, 15) is 4.79 Å². The van der Waals surface area contributed by atoms with Crippen LogP contribution in [0.15, 0.2) is 22.7 Å². The molecule has 2 heterocycles. The number of carbonyl (C=O) groups excluding carboxylic acids is 1. The minimum absolute atomic E-state index is 0.0606. The third kappa shape index (κ3) is 4.04. The fourth-order valence-electron chi connectivity index (χ4n) is 2.70. The molecule has 1 aromatic heterocycles. The lowest BCUT2D eigenvalue weighted by atomic mass is 9.97. The van der Waals surface area contributed by atoms with Gasteiger partial charge in [-0.25, -0.2) is 0 Å². The molecular formula is C15H22N2O3S. The van der Waals surface area contributed by atoms with Gasteiger partial charge in [0.05, 0.1) is 17.9 Å². The number of ether oxygens (including phenoxy) is 1. The molecule has 1 fully saturated rings. The molecule has 1 unspecified atom stereocenters. The van der Waals surface area contributed by atoms with Crippen molar-refractivity contribution in [2.24, 2.45) is 5.16 Å². The van der Waals surface area contributed by atoms with Crippen LogP contribution >= 0.6 is 11.3 Å². The highest BCUT2D eigenvalue weighted by molar-refractivity contribution is 7.10. The molecule has 116 valence electrons. The van der Waals surface area contributed by atoms with Gasteiger partial charge in [-0.05, 0) is 32.2 Å². The Morgan fingerprint density at radius 3 is 2.71 bits per heavy atom. The van der Waals surface area contributed by atoms with Gasteiger partial charge in [0.15, 0.2) is 0 Å². The van der Waals surface area contributed by atoms with Crippen LogP contribution in [0.3, 0.4) is 0 Å². The van der Waals surface area contributed by atoms with Crippen LogP contribution in [0.1, 0.15) is 38.0 Å². The molecule has 6 heteroatoms. The number of rotatable bonds is 4. The van der Waals surface area contributed by atoms with Gasteiger partial charge in [-0.1, -0.05) is 11.2 Å². The summed E-state index contributed by atoms with van der Waals surface area (Å²) in [6.45, 7) is 6.95. The van der Waals surface area contributed by atoms with Gasteiger partial charge < -0.3 is 14.8 Å². The van der Waals surface area contributed by atoms with Gasteiger partial charge in [-0.2, -0.15) is 0 Å². The number of hydrogen-bond donors (Lipinski definition) is 1. The highest BCUT2D eigenvalue weighted by Gasteiger charge is 2.29. The van der Waals surface area contributed by atoms with Crippen molar-refractivity contribution in [1.29, 1.82) is 0 Å². The summed E-state index contributed by atoms with van der Waals surface area (Å²) in [5.74, 6) is -0.0747. The van der Waals surface area contributed by atoms with Crippen molar-refractivity contribution >= 4 is 23.0 Å². The Morgan fingerprint density at radius 2 is 2.19 bits per heavy atom. The van der Waals surface area contributed by atoms with Gasteiger partial charge in [0.1, 0.15) is 0 Å². The Balaban J connectivity index is 2.08. The summed E-state index contributed by atoms with van der Waals surface area (Å²) in [4.78, 5) is 15.5. The van der Waals surface area contributed by atoms with Gasteiger partial charge in [0, 0.05) is 30.3 Å². The maximum atomic E-state index is 12.6. The fraction of sp³-hybridized carbons (Fsp3) is 0.600. The molecule has 1 N–H and O–H groups in total. The molecule has 0 aliphatic carbocycles. The first kappa shape index (κ1) is 16.0. The second kappa shape index (κ2) is 7.04. The molecule has 1 aliphatic rings. The molecule has 0 saturated carbocycles. The normalized spacial score (nSPS) is 24.9. The average molecular weight is 310 g/mol. The molecule has 0 radical (unpaired) electrons. The summed E-state index contributed by atoms with van der Waals surface area (Å²) in [7, 11) is 0. The van der Waals surface area contributed by atoms with Crippen LogP contribution in [0, 0.1) is 0 Å². The van der Waals surface area contributed by atoms with Crippen LogP contribution in [0.4, 0.5) is 0 Å². The molecule has 2 rings (SSSR count). The lowest BCUT2D eigenvalue weighted by Crippen LogP contribution is -2.48. The fourth-order valence-corrected chi connectivity index (χ4v) is 3.59. The van der Waals surface area contributed by atoms with Crippen molar-refractivity contribution in [2.45, 2.75) is 45.3 Å². The van der Waals surface area contributed by atoms with E-state index in [1.165, 1.54) is 0 Å². The van der Waals surface area contributed by atoms with Crippen molar-refractivity contribution in [1.82, 2.24) is 4.90 Å². The minimum atomic E-state index is -0.157. The van der Waals surface area contributed by atoms with Crippen molar-refractivity contribution in [3.63, 3.8) is 0 Å². The van der Waals surface area contributed by atoms with E-state index in [0.29, 0.717) is 25.2 Å². The van der Waals surface area contributed by atoms with E-state index >= 15 is 0 Å². The first-order chi connectivity index (χ1) is 10.0. The Bertz CT molecular complexity index is 491. The number of oxime groups is 1. The summed E-state index contributed by atoms with van der Waals surface area (Å²) in [5, 5.41) is 14.3. The van der Waals surface area contributed by atoms with E-state index in [4.69, 9.17) is 9.94 Å². The number of carbonyl (C=O) groups is 1. The minimum Gasteiger partial charge on any atom is -0.411 e. The molecule has 1 amide bonds. The topological polar surface area (TPSA) is 62.1 Å². The third-order valence-electron chi connectivity index (χ3n) is 3.70. The molecule has 5 nitrogen and oxygen atoms in total. The van der Waals surface area contributed by atoms with Crippen LogP contribution in [0.25, 0.3) is 0 Å². The highest BCUT2D eigenvalue weighted by Crippen LogP contribution is 2.27. The standard InChI is InChI=1S/C15H22N2O3S/c1-10-8-17(9-11(2)20-10)15(18)7-13(12(3)16-19)14-5-4-6-21-14/h4-6,10-11,13,19H,7-9H2,1-3H3/b16-12+/t10-,11-,13?/m1/s1. The highest BCUT2D eigenvalue weighted by atomic mass is 32.1. The summed E-state index contributed by atoms with van der Waals surface area (Å²) in [6, 6.07) is 3.92. The average Bonchev–Trinajstić information content (AvgIpc) is 2.96. The lowest BCUT2D eigenvalue weighted by Gasteiger charge is -2.36. The number of nitrogens with zero attached hydrogens (tertiary/aromatic N) is 2. The first-order valence-corrected chi connectivity index (χ1v) is 8.04. The van der Waals surface area contributed by atoms with Gasteiger partial charge in [0.25, 0.3) is 0 Å². The number of morpholine rings is 1. The van der Waals surface area contributed by atoms with E-state index < -0.39 is 0 Å². The smallest absolute Gasteiger partial charge is 0.223 e. The molecule has 3 atom stereocenters. The molecular weight excluding hydrogens is 288 g/mol. The summed E-state index contributed by atoms with van der Waals surface area (Å²) >= 11 is 1.58. The number of amides is 1. The largest absolute Gasteiger partial charge is 0.411 e. The van der Waals surface area contributed by atoms with Crippen molar-refractivity contribution in [3.05, 3.63) is 22.4 Å². The zero-order valence-electron chi connectivity index (χ0n) is 12.7. The third-order valence-corrected chi connectivity index (χ3v) is 4.69. The predicted octanol–water partition coefficient (Wildman–Crippen LogP) is 2.71. The van der Waals surface area contributed by atoms with E-state index in [1.807, 2.05) is 36.3 Å². The van der Waals surface area contributed by atoms with Crippen LogP contribution in [-0.4, -0.2) is 47.0 Å². The van der Waals surface area contributed by atoms with Gasteiger partial charge in [0.2, 0.25) is 5.91 Å². The quantitative estimate of drug-likeness (QED) is 0.528. The van der Waals surface area contributed by atoms with Crippen molar-refractivity contribution in [2.75, 3.05) is 13.1 Å². The first-order valence-electron chi connectivity index (χ1n) is 7.16. The predicted molar refractivity (Wildman–Crippen MR) is 83.2 cm³/mol. The van der Waals surface area contributed by atoms with Gasteiger partial charge >= 0.3 is 0 Å². The van der Waals surface area contributed by atoms with Crippen LogP contribution in [0.5, 0.6) is 0 Å². The Kier molecular flexibility index (Phi) is 5.36. The molecule has 21 heavy (non-hydrogen) atoms. The van der Waals surface area contributed by atoms with E-state index in [-0.39, 0.29) is 24.0 Å². The van der Waals surface area contributed by atoms with Gasteiger partial charge in [-0.15, -0.1) is 11.3 Å². The molecule has 1 aliphatic heterocycles. The zero-order valence-corrected chi connectivity index (χ0v) is 13.5. The number of thiophene rings is 1. The summed E-state index contributed by atoms with van der Waals surface area (Å²) in [5.41, 5.74) is 0.570. The van der Waals surface area contributed by atoms with Gasteiger partial charge in [-0.3, -0.25) is 4.79 Å². The molecule has 1 aromatic rings. The van der Waals surface area contributed by atoms with Crippen molar-refractivity contribution in [3.8, 4) is 0 Å². The summed E-state index contributed by atoms with van der Waals surface area (Å²) < 4.78 is 5.66. The number of hydrogen-bond acceptors (Lipinski definition) is 5. The van der Waals surface area contributed by atoms with Crippen LogP contribution in [0.2, 0.25) is 0 Å². The molecule has 0 spiro atoms. The maximum Gasteiger partial charge on any atom is 0.223 e. The Labute approximate surface area is 129 Å².